The maximum absolute atomic E-state index is 13.3. The molecule has 3 aromatic rings. The second-order valence-electron chi connectivity index (χ2n) is 7.40. The highest BCUT2D eigenvalue weighted by Crippen LogP contribution is 2.37. The Morgan fingerprint density at radius 2 is 1.64 bits per heavy atom. The first kappa shape index (κ1) is 23.8. The molecule has 0 saturated heterocycles. The van der Waals surface area contributed by atoms with Gasteiger partial charge >= 0.3 is 5.97 Å². The number of anilines is 2. The summed E-state index contributed by atoms with van der Waals surface area (Å²) in [6.07, 6.45) is 1.73. The molecule has 0 bridgehead atoms. The van der Waals surface area contributed by atoms with Gasteiger partial charge in [0.1, 0.15) is 5.25 Å². The standard InChI is InChI=1S/C26H24N2O4S/c1-17-11-12-18(2)22(15-17)28-26(32)25(19-7-4-3-5-8-19)33-21-10-6-9-20(16-21)27-23(29)13-14-24(30)31/h3-16,25H,1-2H3,(H,27,29)(H,28,32)(H,30,31)/b14-13+. The van der Waals surface area contributed by atoms with Crippen LogP contribution >= 0.6 is 11.8 Å². The Morgan fingerprint density at radius 3 is 2.36 bits per heavy atom. The highest BCUT2D eigenvalue weighted by Gasteiger charge is 2.23. The van der Waals surface area contributed by atoms with Crippen LogP contribution in [0.25, 0.3) is 0 Å². The van der Waals surface area contributed by atoms with Crippen molar-refractivity contribution in [3.05, 3.63) is 102 Å². The fourth-order valence-corrected chi connectivity index (χ4v) is 4.17. The van der Waals surface area contributed by atoms with Crippen molar-refractivity contribution in [2.75, 3.05) is 10.6 Å². The van der Waals surface area contributed by atoms with Gasteiger partial charge in [0.15, 0.2) is 0 Å². The van der Waals surface area contributed by atoms with E-state index >= 15 is 0 Å². The van der Waals surface area contributed by atoms with Gasteiger partial charge in [0.2, 0.25) is 11.8 Å². The third kappa shape index (κ3) is 7.08. The van der Waals surface area contributed by atoms with Crippen LogP contribution in [0.2, 0.25) is 0 Å². The summed E-state index contributed by atoms with van der Waals surface area (Å²) in [5, 5.41) is 13.8. The number of carbonyl (C=O) groups excluding carboxylic acids is 2. The van der Waals surface area contributed by atoms with Crippen LogP contribution in [0.3, 0.4) is 0 Å². The van der Waals surface area contributed by atoms with E-state index in [2.05, 4.69) is 10.6 Å². The van der Waals surface area contributed by atoms with Crippen molar-refractivity contribution in [2.24, 2.45) is 0 Å². The van der Waals surface area contributed by atoms with Gasteiger partial charge in [-0.2, -0.15) is 0 Å². The number of amides is 2. The van der Waals surface area contributed by atoms with E-state index < -0.39 is 17.1 Å². The molecule has 0 heterocycles. The van der Waals surface area contributed by atoms with Crippen LogP contribution in [0, 0.1) is 13.8 Å². The highest BCUT2D eigenvalue weighted by atomic mass is 32.2. The lowest BCUT2D eigenvalue weighted by atomic mass is 10.1. The number of hydrogen-bond acceptors (Lipinski definition) is 4. The molecule has 0 radical (unpaired) electrons. The van der Waals surface area contributed by atoms with Crippen LogP contribution in [-0.2, 0) is 14.4 Å². The molecule has 0 saturated carbocycles. The van der Waals surface area contributed by atoms with Gasteiger partial charge in [-0.25, -0.2) is 4.79 Å². The van der Waals surface area contributed by atoms with Crippen molar-refractivity contribution in [2.45, 2.75) is 24.0 Å². The molecule has 3 aromatic carbocycles. The van der Waals surface area contributed by atoms with E-state index in [0.29, 0.717) is 5.69 Å². The molecule has 0 aliphatic rings. The fraction of sp³-hybridized carbons (Fsp3) is 0.115. The van der Waals surface area contributed by atoms with Gasteiger partial charge in [0, 0.05) is 28.4 Å². The minimum Gasteiger partial charge on any atom is -0.478 e. The zero-order valence-electron chi connectivity index (χ0n) is 18.2. The number of nitrogens with one attached hydrogen (secondary N) is 2. The van der Waals surface area contributed by atoms with E-state index in [1.54, 1.807) is 18.2 Å². The summed E-state index contributed by atoms with van der Waals surface area (Å²) in [4.78, 5) is 36.6. The molecular weight excluding hydrogens is 436 g/mol. The van der Waals surface area contributed by atoms with Gasteiger partial charge in [0.25, 0.3) is 0 Å². The van der Waals surface area contributed by atoms with Crippen LogP contribution in [0.15, 0.2) is 89.8 Å². The summed E-state index contributed by atoms with van der Waals surface area (Å²) in [6, 6.07) is 22.5. The van der Waals surface area contributed by atoms with Crippen molar-refractivity contribution in [3.63, 3.8) is 0 Å². The molecule has 0 fully saturated rings. The Balaban J connectivity index is 1.83. The van der Waals surface area contributed by atoms with Crippen molar-refractivity contribution in [1.29, 1.82) is 0 Å². The number of carbonyl (C=O) groups is 3. The van der Waals surface area contributed by atoms with E-state index in [0.717, 1.165) is 39.4 Å². The van der Waals surface area contributed by atoms with E-state index in [1.165, 1.54) is 11.8 Å². The minimum absolute atomic E-state index is 0.154. The van der Waals surface area contributed by atoms with Gasteiger partial charge in [-0.1, -0.05) is 48.5 Å². The SMILES string of the molecule is Cc1ccc(C)c(NC(=O)C(Sc2cccc(NC(=O)/C=C/C(=O)O)c2)c2ccccc2)c1. The number of rotatable bonds is 8. The molecule has 33 heavy (non-hydrogen) atoms. The molecule has 0 aliphatic carbocycles. The Bertz CT molecular complexity index is 1190. The smallest absolute Gasteiger partial charge is 0.328 e. The molecule has 6 nitrogen and oxygen atoms in total. The third-order valence-corrected chi connectivity index (χ3v) is 5.97. The molecule has 0 aliphatic heterocycles. The number of aliphatic carboxylic acids is 1. The molecule has 1 unspecified atom stereocenters. The lowest BCUT2D eigenvalue weighted by molar-refractivity contribution is -0.131. The van der Waals surface area contributed by atoms with Gasteiger partial charge in [-0.15, -0.1) is 11.8 Å². The van der Waals surface area contributed by atoms with Crippen molar-refractivity contribution in [3.8, 4) is 0 Å². The fourth-order valence-electron chi connectivity index (χ4n) is 3.08. The topological polar surface area (TPSA) is 95.5 Å². The first-order valence-electron chi connectivity index (χ1n) is 10.2. The molecule has 0 spiro atoms. The Labute approximate surface area is 196 Å². The molecular formula is C26H24N2O4S. The monoisotopic (exact) mass is 460 g/mol. The molecule has 2 amide bonds. The summed E-state index contributed by atoms with van der Waals surface area (Å²) < 4.78 is 0. The van der Waals surface area contributed by atoms with E-state index in [4.69, 9.17) is 5.11 Å². The van der Waals surface area contributed by atoms with Crippen molar-refractivity contribution in [1.82, 2.24) is 0 Å². The van der Waals surface area contributed by atoms with Crippen molar-refractivity contribution < 1.29 is 19.5 Å². The molecule has 7 heteroatoms. The number of aryl methyl sites for hydroxylation is 2. The summed E-state index contributed by atoms with van der Waals surface area (Å²) in [5.41, 5.74) is 4.16. The highest BCUT2D eigenvalue weighted by molar-refractivity contribution is 8.00. The van der Waals surface area contributed by atoms with Crippen LogP contribution in [0.1, 0.15) is 21.9 Å². The lowest BCUT2D eigenvalue weighted by Crippen LogP contribution is -2.19. The number of thioether (sulfide) groups is 1. The van der Waals surface area contributed by atoms with Crippen LogP contribution in [0.5, 0.6) is 0 Å². The minimum atomic E-state index is -1.20. The Kier molecular flexibility index (Phi) is 8.05. The molecule has 1 atom stereocenters. The first-order valence-corrected chi connectivity index (χ1v) is 11.1. The summed E-state index contributed by atoms with van der Waals surface area (Å²) in [6.45, 7) is 3.93. The van der Waals surface area contributed by atoms with Gasteiger partial charge in [0.05, 0.1) is 0 Å². The van der Waals surface area contributed by atoms with Gasteiger partial charge < -0.3 is 15.7 Å². The maximum Gasteiger partial charge on any atom is 0.328 e. The molecule has 3 N–H and O–H groups in total. The van der Waals surface area contributed by atoms with Gasteiger partial charge in [-0.05, 0) is 54.8 Å². The van der Waals surface area contributed by atoms with E-state index in [9.17, 15) is 14.4 Å². The number of hydrogen-bond donors (Lipinski definition) is 3. The summed E-state index contributed by atoms with van der Waals surface area (Å²) in [5.74, 6) is -1.90. The van der Waals surface area contributed by atoms with Gasteiger partial charge in [-0.3, -0.25) is 9.59 Å². The largest absolute Gasteiger partial charge is 0.478 e. The van der Waals surface area contributed by atoms with Crippen LogP contribution < -0.4 is 10.6 Å². The zero-order valence-corrected chi connectivity index (χ0v) is 19.1. The second-order valence-corrected chi connectivity index (χ2v) is 8.58. The van der Waals surface area contributed by atoms with Crippen LogP contribution in [-0.4, -0.2) is 22.9 Å². The predicted molar refractivity (Wildman–Crippen MR) is 131 cm³/mol. The predicted octanol–water partition coefficient (Wildman–Crippen LogP) is 5.35. The normalized spacial score (nSPS) is 11.7. The zero-order chi connectivity index (χ0) is 23.8. The quantitative estimate of drug-likeness (QED) is 0.311. The van der Waals surface area contributed by atoms with E-state index in [1.807, 2.05) is 68.4 Å². The summed E-state index contributed by atoms with van der Waals surface area (Å²) >= 11 is 1.36. The third-order valence-electron chi connectivity index (χ3n) is 4.72. The average molecular weight is 461 g/mol. The summed E-state index contributed by atoms with van der Waals surface area (Å²) in [7, 11) is 0. The van der Waals surface area contributed by atoms with E-state index in [-0.39, 0.29) is 5.91 Å². The Morgan fingerprint density at radius 1 is 0.879 bits per heavy atom. The maximum atomic E-state index is 13.3. The number of carboxylic acids is 1. The van der Waals surface area contributed by atoms with Crippen molar-refractivity contribution >= 4 is 40.9 Å². The second kappa shape index (κ2) is 11.2. The number of carboxylic acid groups (broad SMARTS) is 1. The average Bonchev–Trinajstić information content (AvgIpc) is 2.79. The Hall–Kier alpha value is -3.84. The molecule has 3 rings (SSSR count). The number of benzene rings is 3. The molecule has 0 aromatic heterocycles. The molecule has 168 valence electrons. The van der Waals surface area contributed by atoms with Crippen LogP contribution in [0.4, 0.5) is 11.4 Å². The lowest BCUT2D eigenvalue weighted by Gasteiger charge is -2.18. The first-order chi connectivity index (χ1) is 15.8.